The van der Waals surface area contributed by atoms with E-state index in [1.807, 2.05) is 6.07 Å². The number of ether oxygens (including phenoxy) is 1. The van der Waals surface area contributed by atoms with Gasteiger partial charge in [-0.1, -0.05) is 0 Å². The first-order valence-electron chi connectivity index (χ1n) is 5.95. The van der Waals surface area contributed by atoms with Crippen molar-refractivity contribution in [2.75, 3.05) is 41.3 Å². The Morgan fingerprint density at radius 3 is 2.41 bits per heavy atom. The fourth-order valence-corrected chi connectivity index (χ4v) is 2.31. The molecule has 1 unspecified atom stereocenters. The largest absolute Gasteiger partial charge is 0.496 e. The van der Waals surface area contributed by atoms with Crippen LogP contribution in [0.3, 0.4) is 0 Å². The van der Waals surface area contributed by atoms with Gasteiger partial charge in [0.05, 0.1) is 32.7 Å². The van der Waals surface area contributed by atoms with Gasteiger partial charge in [0.1, 0.15) is 25.4 Å². The summed E-state index contributed by atoms with van der Waals surface area (Å²) in [6.07, 6.45) is 0. The predicted octanol–water partition coefficient (Wildman–Crippen LogP) is -0.383. The number of methoxy groups -OCH3 is 1. The standard InChI is InChI=1S/C13H21BrN2O/c1-15(2)7-8-16(3)10-11-5-6-13(17-4)12(14)9-11/h5-6,9H,7-8,10H2,1-4H3/p+2. The van der Waals surface area contributed by atoms with E-state index in [9.17, 15) is 0 Å². The van der Waals surface area contributed by atoms with Crippen molar-refractivity contribution in [3.05, 3.63) is 28.2 Å². The Hall–Kier alpha value is -0.580. The van der Waals surface area contributed by atoms with Gasteiger partial charge in [0.15, 0.2) is 0 Å². The van der Waals surface area contributed by atoms with E-state index in [0.717, 1.165) is 16.8 Å². The number of benzene rings is 1. The van der Waals surface area contributed by atoms with Crippen LogP contribution in [0.2, 0.25) is 0 Å². The lowest BCUT2D eigenvalue weighted by molar-refractivity contribution is -0.937. The fourth-order valence-electron chi connectivity index (χ4n) is 1.72. The molecular formula is C13H23BrN2O+2. The van der Waals surface area contributed by atoms with E-state index in [2.05, 4.69) is 49.2 Å². The van der Waals surface area contributed by atoms with E-state index < -0.39 is 0 Å². The van der Waals surface area contributed by atoms with Crippen LogP contribution in [0.25, 0.3) is 0 Å². The molecule has 3 nitrogen and oxygen atoms in total. The van der Waals surface area contributed by atoms with Crippen molar-refractivity contribution in [2.45, 2.75) is 6.54 Å². The van der Waals surface area contributed by atoms with Crippen LogP contribution in [-0.2, 0) is 6.54 Å². The Kier molecular flexibility index (Phi) is 5.95. The van der Waals surface area contributed by atoms with Gasteiger partial charge in [-0.2, -0.15) is 0 Å². The number of halogens is 1. The summed E-state index contributed by atoms with van der Waals surface area (Å²) in [6.45, 7) is 3.44. The molecule has 4 heteroatoms. The van der Waals surface area contributed by atoms with Gasteiger partial charge in [-0.15, -0.1) is 0 Å². The maximum Gasteiger partial charge on any atom is 0.133 e. The average molecular weight is 303 g/mol. The molecule has 1 aromatic carbocycles. The Balaban J connectivity index is 2.53. The van der Waals surface area contributed by atoms with Crippen molar-refractivity contribution >= 4 is 15.9 Å². The molecule has 0 amide bonds. The summed E-state index contributed by atoms with van der Waals surface area (Å²) in [7, 11) is 8.31. The van der Waals surface area contributed by atoms with Gasteiger partial charge in [0.2, 0.25) is 0 Å². The van der Waals surface area contributed by atoms with E-state index >= 15 is 0 Å². The van der Waals surface area contributed by atoms with Gasteiger partial charge in [-0.3, -0.25) is 0 Å². The maximum atomic E-state index is 5.23. The molecular weight excluding hydrogens is 280 g/mol. The second kappa shape index (κ2) is 6.99. The third-order valence-corrected chi connectivity index (χ3v) is 3.39. The number of likely N-dealkylation sites (N-methyl/N-ethyl adjacent to an activating group) is 2. The van der Waals surface area contributed by atoms with Crippen molar-refractivity contribution in [3.63, 3.8) is 0 Å². The molecule has 0 aliphatic rings. The topological polar surface area (TPSA) is 18.1 Å². The highest BCUT2D eigenvalue weighted by molar-refractivity contribution is 9.10. The number of nitrogens with one attached hydrogen (secondary N) is 2. The zero-order chi connectivity index (χ0) is 12.8. The van der Waals surface area contributed by atoms with Crippen molar-refractivity contribution in [1.82, 2.24) is 0 Å². The van der Waals surface area contributed by atoms with Crippen LogP contribution in [-0.4, -0.2) is 41.3 Å². The molecule has 0 heterocycles. The summed E-state index contributed by atoms with van der Waals surface area (Å²) < 4.78 is 6.26. The third kappa shape index (κ3) is 5.06. The second-order valence-electron chi connectivity index (χ2n) is 4.81. The van der Waals surface area contributed by atoms with Crippen molar-refractivity contribution in [3.8, 4) is 5.75 Å². The molecule has 0 fully saturated rings. The molecule has 2 N–H and O–H groups in total. The summed E-state index contributed by atoms with van der Waals surface area (Å²) in [5.41, 5.74) is 1.34. The second-order valence-corrected chi connectivity index (χ2v) is 5.66. The lowest BCUT2D eigenvalue weighted by Crippen LogP contribution is -3.15. The molecule has 96 valence electrons. The molecule has 0 saturated carbocycles. The van der Waals surface area contributed by atoms with Gasteiger partial charge in [-0.05, 0) is 34.1 Å². The van der Waals surface area contributed by atoms with Gasteiger partial charge in [-0.25, -0.2) is 0 Å². The molecule has 17 heavy (non-hydrogen) atoms. The molecule has 0 saturated heterocycles. The Labute approximate surface area is 112 Å². The Bertz CT molecular complexity index is 355. The normalized spacial score (nSPS) is 12.8. The van der Waals surface area contributed by atoms with Gasteiger partial charge in [0, 0.05) is 5.56 Å². The highest BCUT2D eigenvalue weighted by Gasteiger charge is 2.08. The molecule has 0 aliphatic heterocycles. The summed E-state index contributed by atoms with van der Waals surface area (Å²) in [5.74, 6) is 0.893. The number of quaternary nitrogens is 2. The zero-order valence-corrected chi connectivity index (χ0v) is 12.7. The first-order valence-corrected chi connectivity index (χ1v) is 6.75. The van der Waals surface area contributed by atoms with Gasteiger partial charge < -0.3 is 14.5 Å². The van der Waals surface area contributed by atoms with Gasteiger partial charge in [0.25, 0.3) is 0 Å². The molecule has 0 aliphatic carbocycles. The third-order valence-electron chi connectivity index (χ3n) is 2.77. The predicted molar refractivity (Wildman–Crippen MR) is 73.8 cm³/mol. The highest BCUT2D eigenvalue weighted by Crippen LogP contribution is 2.25. The summed E-state index contributed by atoms with van der Waals surface area (Å²) in [5, 5.41) is 0. The summed E-state index contributed by atoms with van der Waals surface area (Å²) in [4.78, 5) is 3.03. The highest BCUT2D eigenvalue weighted by atomic mass is 79.9. The van der Waals surface area contributed by atoms with Crippen LogP contribution in [0, 0.1) is 0 Å². The number of hydrogen-bond acceptors (Lipinski definition) is 1. The molecule has 0 radical (unpaired) electrons. The van der Waals surface area contributed by atoms with Crippen LogP contribution in [0.15, 0.2) is 22.7 Å². The van der Waals surface area contributed by atoms with Crippen molar-refractivity contribution in [1.29, 1.82) is 0 Å². The van der Waals surface area contributed by atoms with E-state index in [0.29, 0.717) is 0 Å². The molecule has 0 bridgehead atoms. The SMILES string of the molecule is COc1ccc(C[NH+](C)CC[NH+](C)C)cc1Br. The lowest BCUT2D eigenvalue weighted by atomic mass is 10.2. The van der Waals surface area contributed by atoms with Gasteiger partial charge >= 0.3 is 0 Å². The molecule has 0 aromatic heterocycles. The molecule has 1 aromatic rings. The first-order chi connectivity index (χ1) is 8.02. The summed E-state index contributed by atoms with van der Waals surface area (Å²) >= 11 is 3.52. The quantitative estimate of drug-likeness (QED) is 0.733. The molecule has 1 rings (SSSR count). The maximum absolute atomic E-state index is 5.23. The van der Waals surface area contributed by atoms with E-state index in [4.69, 9.17) is 4.74 Å². The minimum absolute atomic E-state index is 0.893. The number of hydrogen-bond donors (Lipinski definition) is 2. The first kappa shape index (κ1) is 14.5. The van der Waals surface area contributed by atoms with Crippen molar-refractivity contribution in [2.24, 2.45) is 0 Å². The Morgan fingerprint density at radius 2 is 1.88 bits per heavy atom. The molecule has 0 spiro atoms. The van der Waals surface area contributed by atoms with Crippen LogP contribution < -0.4 is 14.5 Å². The van der Waals surface area contributed by atoms with Crippen LogP contribution in [0.1, 0.15) is 5.56 Å². The zero-order valence-electron chi connectivity index (χ0n) is 11.1. The Morgan fingerprint density at radius 1 is 1.18 bits per heavy atom. The average Bonchev–Trinajstić information content (AvgIpc) is 2.26. The van der Waals surface area contributed by atoms with Crippen LogP contribution in [0.5, 0.6) is 5.75 Å². The van der Waals surface area contributed by atoms with E-state index in [-0.39, 0.29) is 0 Å². The number of rotatable bonds is 6. The lowest BCUT2D eigenvalue weighted by Gasteiger charge is -2.16. The summed E-state index contributed by atoms with van der Waals surface area (Å²) in [6, 6.07) is 6.30. The van der Waals surface area contributed by atoms with Crippen molar-refractivity contribution < 1.29 is 14.5 Å². The fraction of sp³-hybridized carbons (Fsp3) is 0.538. The molecule has 1 atom stereocenters. The van der Waals surface area contributed by atoms with Crippen LogP contribution in [0.4, 0.5) is 0 Å². The smallest absolute Gasteiger partial charge is 0.133 e. The monoisotopic (exact) mass is 302 g/mol. The minimum atomic E-state index is 0.893. The minimum Gasteiger partial charge on any atom is -0.496 e. The van der Waals surface area contributed by atoms with Crippen LogP contribution >= 0.6 is 15.9 Å². The van der Waals surface area contributed by atoms with E-state index in [1.165, 1.54) is 28.5 Å². The van der Waals surface area contributed by atoms with E-state index in [1.54, 1.807) is 7.11 Å².